The lowest BCUT2D eigenvalue weighted by atomic mass is 10.1. The summed E-state index contributed by atoms with van der Waals surface area (Å²) in [5, 5.41) is 2.75. The van der Waals surface area contributed by atoms with Crippen LogP contribution < -0.4 is 11.1 Å². The van der Waals surface area contributed by atoms with Crippen LogP contribution in [0, 0.1) is 12.8 Å². The Morgan fingerprint density at radius 1 is 1.44 bits per heavy atom. The summed E-state index contributed by atoms with van der Waals surface area (Å²) in [7, 11) is 1.33. The highest BCUT2D eigenvalue weighted by Gasteiger charge is 2.13. The van der Waals surface area contributed by atoms with E-state index in [0.29, 0.717) is 17.8 Å². The summed E-state index contributed by atoms with van der Waals surface area (Å²) in [4.78, 5) is 23.0. The largest absolute Gasteiger partial charge is 0.465 e. The van der Waals surface area contributed by atoms with Crippen LogP contribution in [0.15, 0.2) is 18.2 Å². The zero-order chi connectivity index (χ0) is 13.7. The van der Waals surface area contributed by atoms with Crippen LogP contribution in [-0.4, -0.2) is 25.5 Å². The monoisotopic (exact) mass is 250 g/mol. The number of benzene rings is 1. The minimum Gasteiger partial charge on any atom is -0.465 e. The van der Waals surface area contributed by atoms with Gasteiger partial charge in [-0.25, -0.2) is 4.79 Å². The van der Waals surface area contributed by atoms with Gasteiger partial charge < -0.3 is 15.8 Å². The Morgan fingerprint density at radius 2 is 2.11 bits per heavy atom. The molecule has 0 spiro atoms. The van der Waals surface area contributed by atoms with Crippen molar-refractivity contribution in [3.8, 4) is 0 Å². The van der Waals surface area contributed by atoms with Gasteiger partial charge in [-0.1, -0.05) is 6.92 Å². The van der Waals surface area contributed by atoms with Crippen molar-refractivity contribution in [2.75, 3.05) is 19.0 Å². The van der Waals surface area contributed by atoms with Gasteiger partial charge in [-0.3, -0.25) is 4.79 Å². The minimum absolute atomic E-state index is 0.136. The van der Waals surface area contributed by atoms with Gasteiger partial charge in [0.1, 0.15) is 0 Å². The van der Waals surface area contributed by atoms with E-state index in [0.717, 1.165) is 5.56 Å². The zero-order valence-electron chi connectivity index (χ0n) is 10.8. The van der Waals surface area contributed by atoms with E-state index in [4.69, 9.17) is 5.73 Å². The van der Waals surface area contributed by atoms with Crippen LogP contribution in [0.4, 0.5) is 5.69 Å². The van der Waals surface area contributed by atoms with Crippen LogP contribution in [0.2, 0.25) is 0 Å². The molecule has 0 bridgehead atoms. The Balaban J connectivity index is 2.85. The lowest BCUT2D eigenvalue weighted by Gasteiger charge is -2.11. The number of amides is 1. The number of nitrogens with one attached hydrogen (secondary N) is 1. The molecule has 1 amide bonds. The molecule has 1 atom stereocenters. The SMILES string of the molecule is COC(=O)c1ccc(NC(=O)C(C)CN)cc1C. The van der Waals surface area contributed by atoms with Crippen LogP contribution in [0.1, 0.15) is 22.8 Å². The molecular formula is C13H18N2O3. The van der Waals surface area contributed by atoms with Crippen molar-refractivity contribution in [3.05, 3.63) is 29.3 Å². The predicted molar refractivity (Wildman–Crippen MR) is 69.4 cm³/mol. The standard InChI is InChI=1S/C13H18N2O3/c1-8-6-10(15-12(16)9(2)7-14)4-5-11(8)13(17)18-3/h4-6,9H,7,14H2,1-3H3,(H,15,16). The highest BCUT2D eigenvalue weighted by Crippen LogP contribution is 2.16. The van der Waals surface area contributed by atoms with Crippen LogP contribution in [0.3, 0.4) is 0 Å². The topological polar surface area (TPSA) is 81.4 Å². The number of nitrogens with two attached hydrogens (primary N) is 1. The third kappa shape index (κ3) is 3.30. The summed E-state index contributed by atoms with van der Waals surface area (Å²) in [6.45, 7) is 3.84. The number of carbonyl (C=O) groups is 2. The first-order chi connectivity index (χ1) is 8.49. The summed E-state index contributed by atoms with van der Waals surface area (Å²) in [6.07, 6.45) is 0. The third-order valence-corrected chi connectivity index (χ3v) is 2.70. The molecule has 0 aliphatic rings. The Kier molecular flexibility index (Phi) is 4.85. The van der Waals surface area contributed by atoms with Gasteiger partial charge in [0.2, 0.25) is 5.91 Å². The molecule has 0 saturated heterocycles. The van der Waals surface area contributed by atoms with Gasteiger partial charge in [0.15, 0.2) is 0 Å². The van der Waals surface area contributed by atoms with Crippen molar-refractivity contribution in [3.63, 3.8) is 0 Å². The maximum absolute atomic E-state index is 11.6. The second-order valence-corrected chi connectivity index (χ2v) is 4.15. The van der Waals surface area contributed by atoms with Gasteiger partial charge in [-0.2, -0.15) is 0 Å². The van der Waals surface area contributed by atoms with Crippen LogP contribution >= 0.6 is 0 Å². The van der Waals surface area contributed by atoms with Gasteiger partial charge in [0, 0.05) is 18.2 Å². The number of esters is 1. The van der Waals surface area contributed by atoms with E-state index in [2.05, 4.69) is 10.1 Å². The third-order valence-electron chi connectivity index (χ3n) is 2.70. The number of carbonyl (C=O) groups excluding carboxylic acids is 2. The molecule has 0 aromatic heterocycles. The Hall–Kier alpha value is -1.88. The average molecular weight is 250 g/mol. The lowest BCUT2D eigenvalue weighted by Crippen LogP contribution is -2.26. The molecule has 1 rings (SSSR count). The van der Waals surface area contributed by atoms with E-state index in [9.17, 15) is 9.59 Å². The quantitative estimate of drug-likeness (QED) is 0.789. The summed E-state index contributed by atoms with van der Waals surface area (Å²) in [6, 6.07) is 5.03. The van der Waals surface area contributed by atoms with Crippen LogP contribution in [-0.2, 0) is 9.53 Å². The normalized spacial score (nSPS) is 11.8. The number of methoxy groups -OCH3 is 1. The molecule has 0 heterocycles. The fourth-order valence-electron chi connectivity index (χ4n) is 1.45. The molecule has 5 heteroatoms. The smallest absolute Gasteiger partial charge is 0.338 e. The van der Waals surface area contributed by atoms with Gasteiger partial charge in [-0.15, -0.1) is 0 Å². The number of aryl methyl sites for hydroxylation is 1. The molecule has 3 N–H and O–H groups in total. The highest BCUT2D eigenvalue weighted by atomic mass is 16.5. The zero-order valence-corrected chi connectivity index (χ0v) is 10.8. The summed E-state index contributed by atoms with van der Waals surface area (Å²) in [5.74, 6) is -0.769. The maximum Gasteiger partial charge on any atom is 0.338 e. The van der Waals surface area contributed by atoms with E-state index >= 15 is 0 Å². The lowest BCUT2D eigenvalue weighted by molar-refractivity contribution is -0.119. The highest BCUT2D eigenvalue weighted by molar-refractivity contribution is 5.95. The van der Waals surface area contributed by atoms with E-state index in [1.165, 1.54) is 7.11 Å². The number of hydrogen-bond donors (Lipinski definition) is 2. The first-order valence-corrected chi connectivity index (χ1v) is 5.69. The first kappa shape index (κ1) is 14.2. The molecule has 0 aliphatic carbocycles. The molecular weight excluding hydrogens is 232 g/mol. The van der Waals surface area contributed by atoms with E-state index in [1.807, 2.05) is 0 Å². The molecule has 1 unspecified atom stereocenters. The van der Waals surface area contributed by atoms with Crippen LogP contribution in [0.5, 0.6) is 0 Å². The van der Waals surface area contributed by atoms with Crippen molar-refractivity contribution in [1.29, 1.82) is 0 Å². The molecule has 0 radical (unpaired) electrons. The molecule has 0 fully saturated rings. The number of anilines is 1. The maximum atomic E-state index is 11.6. The van der Waals surface area contributed by atoms with Gasteiger partial charge in [0.05, 0.1) is 12.7 Å². The van der Waals surface area contributed by atoms with Gasteiger partial charge in [-0.05, 0) is 30.7 Å². The molecule has 1 aromatic carbocycles. The Morgan fingerprint density at radius 3 is 2.61 bits per heavy atom. The predicted octanol–water partition coefficient (Wildman–Crippen LogP) is 1.31. The average Bonchev–Trinajstić information content (AvgIpc) is 2.37. The molecule has 1 aromatic rings. The molecule has 0 aliphatic heterocycles. The molecule has 98 valence electrons. The molecule has 5 nitrogen and oxygen atoms in total. The van der Waals surface area contributed by atoms with Crippen molar-refractivity contribution in [2.45, 2.75) is 13.8 Å². The van der Waals surface area contributed by atoms with E-state index in [-0.39, 0.29) is 17.8 Å². The second-order valence-electron chi connectivity index (χ2n) is 4.15. The van der Waals surface area contributed by atoms with Crippen molar-refractivity contribution >= 4 is 17.6 Å². The van der Waals surface area contributed by atoms with Crippen LogP contribution in [0.25, 0.3) is 0 Å². The summed E-state index contributed by atoms with van der Waals surface area (Å²) >= 11 is 0. The second kappa shape index (κ2) is 6.16. The minimum atomic E-state index is -0.388. The summed E-state index contributed by atoms with van der Waals surface area (Å²) in [5.41, 5.74) is 7.30. The first-order valence-electron chi connectivity index (χ1n) is 5.69. The Labute approximate surface area is 106 Å². The number of rotatable bonds is 4. The summed E-state index contributed by atoms with van der Waals surface area (Å²) < 4.78 is 4.65. The fourth-order valence-corrected chi connectivity index (χ4v) is 1.45. The Bertz CT molecular complexity index is 458. The molecule has 0 saturated carbocycles. The fraction of sp³-hybridized carbons (Fsp3) is 0.385. The molecule has 18 heavy (non-hydrogen) atoms. The van der Waals surface area contributed by atoms with Crippen molar-refractivity contribution in [2.24, 2.45) is 11.7 Å². The van der Waals surface area contributed by atoms with E-state index in [1.54, 1.807) is 32.0 Å². The van der Waals surface area contributed by atoms with Crippen molar-refractivity contribution in [1.82, 2.24) is 0 Å². The van der Waals surface area contributed by atoms with Gasteiger partial charge in [0.25, 0.3) is 0 Å². The van der Waals surface area contributed by atoms with Gasteiger partial charge >= 0.3 is 5.97 Å². The number of ether oxygens (including phenoxy) is 1. The van der Waals surface area contributed by atoms with E-state index < -0.39 is 0 Å². The van der Waals surface area contributed by atoms with Crippen molar-refractivity contribution < 1.29 is 14.3 Å². The number of hydrogen-bond acceptors (Lipinski definition) is 4.